The van der Waals surface area contributed by atoms with Gasteiger partial charge in [-0.3, -0.25) is 0 Å². The number of aromatic nitrogens is 2. The second kappa shape index (κ2) is 10.5. The van der Waals surface area contributed by atoms with Gasteiger partial charge < -0.3 is 19.9 Å². The van der Waals surface area contributed by atoms with E-state index in [1.165, 1.54) is 0 Å². The van der Waals surface area contributed by atoms with Crippen LogP contribution in [0.5, 0.6) is 5.75 Å². The van der Waals surface area contributed by atoms with Crippen molar-refractivity contribution in [2.24, 2.45) is 4.99 Å². The summed E-state index contributed by atoms with van der Waals surface area (Å²) in [5.41, 5.74) is 1.94. The van der Waals surface area contributed by atoms with Crippen molar-refractivity contribution in [2.45, 2.75) is 19.9 Å². The first-order chi connectivity index (χ1) is 14.2. The van der Waals surface area contributed by atoms with Gasteiger partial charge in [-0.15, -0.1) is 0 Å². The summed E-state index contributed by atoms with van der Waals surface area (Å²) in [5.74, 6) is 2.49. The number of nitrogens with zero attached hydrogens (tertiary/aromatic N) is 3. The topological polar surface area (TPSA) is 84.6 Å². The monoisotopic (exact) mass is 413 g/mol. The van der Waals surface area contributed by atoms with E-state index < -0.39 is 0 Å². The lowest BCUT2D eigenvalue weighted by atomic mass is 10.1. The van der Waals surface area contributed by atoms with E-state index >= 15 is 0 Å². The molecule has 3 aromatic rings. The summed E-state index contributed by atoms with van der Waals surface area (Å²) in [6, 6.07) is 15.3. The Balaban J connectivity index is 1.59. The number of hydrogen-bond acceptors (Lipinski definition) is 5. The number of benzene rings is 2. The van der Waals surface area contributed by atoms with Crippen molar-refractivity contribution >= 4 is 17.6 Å². The van der Waals surface area contributed by atoms with E-state index in [4.69, 9.17) is 20.9 Å². The predicted molar refractivity (Wildman–Crippen MR) is 114 cm³/mol. The molecule has 0 saturated heterocycles. The zero-order valence-corrected chi connectivity index (χ0v) is 17.2. The van der Waals surface area contributed by atoms with Crippen LogP contribution in [0.15, 0.2) is 58.0 Å². The van der Waals surface area contributed by atoms with Crippen molar-refractivity contribution in [1.82, 2.24) is 20.8 Å². The van der Waals surface area contributed by atoms with Crippen molar-refractivity contribution in [3.8, 4) is 17.1 Å². The predicted octanol–water partition coefficient (Wildman–Crippen LogP) is 3.70. The summed E-state index contributed by atoms with van der Waals surface area (Å²) in [7, 11) is 1.68. The van der Waals surface area contributed by atoms with Gasteiger partial charge >= 0.3 is 0 Å². The van der Waals surface area contributed by atoms with Crippen LogP contribution in [0.4, 0.5) is 0 Å². The first kappa shape index (κ1) is 20.7. The molecule has 0 fully saturated rings. The molecule has 0 saturated carbocycles. The minimum atomic E-state index is 0.275. The molecule has 0 atom stereocenters. The zero-order valence-electron chi connectivity index (χ0n) is 16.5. The fourth-order valence-corrected chi connectivity index (χ4v) is 2.97. The van der Waals surface area contributed by atoms with Gasteiger partial charge in [0.2, 0.25) is 11.7 Å². The van der Waals surface area contributed by atoms with Crippen molar-refractivity contribution in [3.05, 3.63) is 65.0 Å². The molecule has 0 aliphatic carbocycles. The molecule has 0 radical (unpaired) electrons. The molecule has 0 amide bonds. The van der Waals surface area contributed by atoms with Crippen LogP contribution in [-0.4, -0.2) is 36.3 Å². The van der Waals surface area contributed by atoms with Crippen LogP contribution in [-0.2, 0) is 13.0 Å². The molecule has 152 valence electrons. The van der Waals surface area contributed by atoms with E-state index in [-0.39, 0.29) is 6.54 Å². The van der Waals surface area contributed by atoms with Gasteiger partial charge in [-0.05, 0) is 37.1 Å². The molecule has 2 N–H and O–H groups in total. The Labute approximate surface area is 175 Å². The number of halogens is 1. The number of nitrogens with one attached hydrogen (secondary N) is 2. The first-order valence-corrected chi connectivity index (χ1v) is 9.80. The highest BCUT2D eigenvalue weighted by Gasteiger charge is 2.09. The fraction of sp³-hybridized carbons (Fsp3) is 0.286. The molecule has 1 aromatic heterocycles. The van der Waals surface area contributed by atoms with Crippen LogP contribution in [0, 0.1) is 0 Å². The molecule has 0 spiro atoms. The van der Waals surface area contributed by atoms with E-state index in [1.807, 2.05) is 37.3 Å². The summed E-state index contributed by atoms with van der Waals surface area (Å²) in [6.45, 7) is 3.75. The smallest absolute Gasteiger partial charge is 0.248 e. The lowest BCUT2D eigenvalue weighted by Gasteiger charge is -2.12. The lowest BCUT2D eigenvalue weighted by molar-refractivity contribution is 0.380. The van der Waals surface area contributed by atoms with Gasteiger partial charge in [-0.25, -0.2) is 4.99 Å². The second-order valence-corrected chi connectivity index (χ2v) is 6.64. The summed E-state index contributed by atoms with van der Waals surface area (Å²) < 4.78 is 10.7. The molecular formula is C21H24ClN5O2. The first-order valence-electron chi connectivity index (χ1n) is 9.42. The average molecular weight is 414 g/mol. The molecule has 0 aliphatic rings. The highest BCUT2D eigenvalue weighted by atomic mass is 35.5. The molecule has 7 nitrogen and oxygen atoms in total. The van der Waals surface area contributed by atoms with Crippen molar-refractivity contribution in [1.29, 1.82) is 0 Å². The number of methoxy groups -OCH3 is 1. The molecule has 0 unspecified atom stereocenters. The Morgan fingerprint density at radius 1 is 1.17 bits per heavy atom. The van der Waals surface area contributed by atoms with Crippen molar-refractivity contribution in [2.75, 3.05) is 20.2 Å². The van der Waals surface area contributed by atoms with Crippen LogP contribution >= 0.6 is 11.6 Å². The Kier molecular flexibility index (Phi) is 7.47. The van der Waals surface area contributed by atoms with Gasteiger partial charge in [0.1, 0.15) is 12.3 Å². The minimum Gasteiger partial charge on any atom is -0.496 e. The Morgan fingerprint density at radius 2 is 2.03 bits per heavy atom. The zero-order chi connectivity index (χ0) is 20.5. The van der Waals surface area contributed by atoms with Crippen LogP contribution in [0.3, 0.4) is 0 Å². The van der Waals surface area contributed by atoms with E-state index in [0.717, 1.165) is 29.8 Å². The van der Waals surface area contributed by atoms with Gasteiger partial charge in [0.05, 0.1) is 7.11 Å². The Morgan fingerprint density at radius 3 is 2.83 bits per heavy atom. The van der Waals surface area contributed by atoms with E-state index in [9.17, 15) is 0 Å². The summed E-state index contributed by atoms with van der Waals surface area (Å²) in [4.78, 5) is 8.91. The average Bonchev–Trinajstić information content (AvgIpc) is 3.21. The van der Waals surface area contributed by atoms with Crippen molar-refractivity contribution in [3.63, 3.8) is 0 Å². The maximum Gasteiger partial charge on any atom is 0.248 e. The largest absolute Gasteiger partial charge is 0.496 e. The maximum atomic E-state index is 6.02. The van der Waals surface area contributed by atoms with Crippen LogP contribution < -0.4 is 15.4 Å². The van der Waals surface area contributed by atoms with Crippen molar-refractivity contribution < 1.29 is 9.26 Å². The second-order valence-electron chi connectivity index (χ2n) is 6.21. The number of hydrogen-bond donors (Lipinski definition) is 2. The number of guanidine groups is 1. The standard InChI is InChI=1S/C21H24ClN5O2/c1-3-23-21(24-12-11-15-7-4-5-10-18(15)28-2)25-14-19-26-20(27-29-19)16-8-6-9-17(22)13-16/h4-10,13H,3,11-12,14H2,1-2H3,(H2,23,24,25). The third-order valence-electron chi connectivity index (χ3n) is 4.15. The molecule has 0 bridgehead atoms. The van der Waals surface area contributed by atoms with E-state index in [0.29, 0.717) is 29.2 Å². The van der Waals surface area contributed by atoms with Gasteiger partial charge in [0, 0.05) is 23.7 Å². The number of ether oxygens (including phenoxy) is 1. The lowest BCUT2D eigenvalue weighted by Crippen LogP contribution is -2.38. The number of rotatable bonds is 8. The number of para-hydroxylation sites is 1. The van der Waals surface area contributed by atoms with E-state index in [2.05, 4.69) is 31.8 Å². The summed E-state index contributed by atoms with van der Waals surface area (Å²) in [6.07, 6.45) is 0.813. The third kappa shape index (κ3) is 5.96. The van der Waals surface area contributed by atoms with Gasteiger partial charge in [0.25, 0.3) is 0 Å². The SMILES string of the molecule is CCNC(=NCc1nc(-c2cccc(Cl)c2)no1)NCCc1ccccc1OC. The molecule has 2 aromatic carbocycles. The van der Waals surface area contributed by atoms with Crippen LogP contribution in [0.1, 0.15) is 18.4 Å². The molecule has 8 heteroatoms. The maximum absolute atomic E-state index is 6.02. The highest BCUT2D eigenvalue weighted by Crippen LogP contribution is 2.20. The molecule has 1 heterocycles. The molecular weight excluding hydrogens is 390 g/mol. The van der Waals surface area contributed by atoms with Gasteiger partial charge in [-0.1, -0.05) is 47.1 Å². The Bertz CT molecular complexity index is 958. The minimum absolute atomic E-state index is 0.275. The molecule has 3 rings (SSSR count). The van der Waals surface area contributed by atoms with Crippen LogP contribution in [0.25, 0.3) is 11.4 Å². The summed E-state index contributed by atoms with van der Waals surface area (Å²) >= 11 is 6.02. The van der Waals surface area contributed by atoms with Gasteiger partial charge in [0.15, 0.2) is 5.96 Å². The number of aliphatic imine (C=N–C) groups is 1. The highest BCUT2D eigenvalue weighted by molar-refractivity contribution is 6.30. The fourth-order valence-electron chi connectivity index (χ4n) is 2.78. The van der Waals surface area contributed by atoms with Gasteiger partial charge in [-0.2, -0.15) is 4.98 Å². The molecule has 29 heavy (non-hydrogen) atoms. The third-order valence-corrected chi connectivity index (χ3v) is 4.38. The quantitative estimate of drug-likeness (QED) is 0.432. The van der Waals surface area contributed by atoms with Crippen LogP contribution in [0.2, 0.25) is 5.02 Å². The van der Waals surface area contributed by atoms with E-state index in [1.54, 1.807) is 19.2 Å². The molecule has 0 aliphatic heterocycles. The Hall–Kier alpha value is -3.06. The summed E-state index contributed by atoms with van der Waals surface area (Å²) in [5, 5.41) is 11.2. The normalized spacial score (nSPS) is 11.3.